The predicted molar refractivity (Wildman–Crippen MR) is 55.5 cm³/mol. The van der Waals surface area contributed by atoms with Crippen LogP contribution in [0, 0.1) is 0 Å². The number of rotatable bonds is 4. The van der Waals surface area contributed by atoms with Gasteiger partial charge in [-0.05, 0) is 32.2 Å². The molecule has 2 aliphatic heterocycles. The fraction of sp³-hybridized carbons (Fsp3) is 1.00. The molecule has 0 spiro atoms. The van der Waals surface area contributed by atoms with Gasteiger partial charge in [0.15, 0.2) is 0 Å². The first-order valence-corrected chi connectivity index (χ1v) is 5.87. The van der Waals surface area contributed by atoms with E-state index in [2.05, 4.69) is 4.90 Å². The van der Waals surface area contributed by atoms with Gasteiger partial charge in [0.2, 0.25) is 0 Å². The Labute approximate surface area is 86.4 Å². The summed E-state index contributed by atoms with van der Waals surface area (Å²) in [6.45, 7) is 6.28. The zero-order valence-electron chi connectivity index (χ0n) is 8.91. The van der Waals surface area contributed by atoms with Crippen molar-refractivity contribution < 1.29 is 9.47 Å². The summed E-state index contributed by atoms with van der Waals surface area (Å²) in [5, 5.41) is 0. The van der Waals surface area contributed by atoms with Crippen molar-refractivity contribution in [1.82, 2.24) is 4.90 Å². The standard InChI is InChI=1S/C11H21NO2/c1(3-11-4-2-8-14-11)5-12-6-9-13-10-7-12/h11H,1-10H2. The van der Waals surface area contributed by atoms with E-state index in [1.165, 1.54) is 32.2 Å². The summed E-state index contributed by atoms with van der Waals surface area (Å²) in [7, 11) is 0. The molecule has 2 saturated heterocycles. The Morgan fingerprint density at radius 1 is 1.14 bits per heavy atom. The predicted octanol–water partition coefficient (Wildman–Crippen LogP) is 1.28. The van der Waals surface area contributed by atoms with E-state index >= 15 is 0 Å². The molecule has 1 atom stereocenters. The minimum atomic E-state index is 0.566. The monoisotopic (exact) mass is 199 g/mol. The first-order chi connectivity index (χ1) is 6.95. The van der Waals surface area contributed by atoms with Crippen molar-refractivity contribution in [3.8, 4) is 0 Å². The van der Waals surface area contributed by atoms with E-state index in [-0.39, 0.29) is 0 Å². The molecule has 14 heavy (non-hydrogen) atoms. The Morgan fingerprint density at radius 3 is 2.71 bits per heavy atom. The van der Waals surface area contributed by atoms with Crippen molar-refractivity contribution in [2.45, 2.75) is 31.8 Å². The average Bonchev–Trinajstić information content (AvgIpc) is 2.72. The Bertz CT molecular complexity index is 151. The van der Waals surface area contributed by atoms with Gasteiger partial charge < -0.3 is 9.47 Å². The van der Waals surface area contributed by atoms with Crippen LogP contribution in [0.25, 0.3) is 0 Å². The lowest BCUT2D eigenvalue weighted by molar-refractivity contribution is 0.0340. The molecule has 2 fully saturated rings. The van der Waals surface area contributed by atoms with Crippen molar-refractivity contribution in [3.05, 3.63) is 0 Å². The largest absolute Gasteiger partial charge is 0.379 e. The van der Waals surface area contributed by atoms with Crippen LogP contribution in [0.5, 0.6) is 0 Å². The summed E-state index contributed by atoms with van der Waals surface area (Å²) in [4.78, 5) is 2.50. The molecule has 0 bridgehead atoms. The van der Waals surface area contributed by atoms with Crippen LogP contribution in [0.1, 0.15) is 25.7 Å². The molecule has 0 radical (unpaired) electrons. The van der Waals surface area contributed by atoms with Crippen molar-refractivity contribution >= 4 is 0 Å². The SMILES string of the molecule is C1COC(CCCN2CCOCC2)C1. The molecule has 0 saturated carbocycles. The van der Waals surface area contributed by atoms with E-state index in [1.807, 2.05) is 0 Å². The number of nitrogens with zero attached hydrogens (tertiary/aromatic N) is 1. The van der Waals surface area contributed by atoms with Gasteiger partial charge in [-0.15, -0.1) is 0 Å². The van der Waals surface area contributed by atoms with Crippen LogP contribution in [-0.4, -0.2) is 50.5 Å². The third-order valence-electron chi connectivity index (χ3n) is 3.13. The minimum absolute atomic E-state index is 0.566. The van der Waals surface area contributed by atoms with Crippen LogP contribution in [0.15, 0.2) is 0 Å². The molecule has 0 aromatic carbocycles. The number of hydrogen-bond acceptors (Lipinski definition) is 3. The van der Waals surface area contributed by atoms with Crippen molar-refractivity contribution in [2.75, 3.05) is 39.5 Å². The maximum Gasteiger partial charge on any atom is 0.0594 e. The molecule has 2 aliphatic rings. The molecule has 0 aliphatic carbocycles. The smallest absolute Gasteiger partial charge is 0.0594 e. The highest BCUT2D eigenvalue weighted by molar-refractivity contribution is 4.67. The zero-order valence-corrected chi connectivity index (χ0v) is 8.91. The molecule has 0 aromatic rings. The lowest BCUT2D eigenvalue weighted by Crippen LogP contribution is -2.37. The van der Waals surface area contributed by atoms with Crippen molar-refractivity contribution in [1.29, 1.82) is 0 Å². The number of morpholine rings is 1. The summed E-state index contributed by atoms with van der Waals surface area (Å²) < 4.78 is 10.9. The molecule has 2 rings (SSSR count). The molecule has 82 valence electrons. The summed E-state index contributed by atoms with van der Waals surface area (Å²) in [5.41, 5.74) is 0. The van der Waals surface area contributed by atoms with E-state index in [4.69, 9.17) is 9.47 Å². The first kappa shape index (κ1) is 10.4. The Kier molecular flexibility index (Phi) is 4.22. The number of hydrogen-bond donors (Lipinski definition) is 0. The van der Waals surface area contributed by atoms with Crippen LogP contribution >= 0.6 is 0 Å². The van der Waals surface area contributed by atoms with Gasteiger partial charge in [-0.25, -0.2) is 0 Å². The normalized spacial score (nSPS) is 29.6. The molecule has 3 heteroatoms. The van der Waals surface area contributed by atoms with Gasteiger partial charge in [0.05, 0.1) is 19.3 Å². The summed E-state index contributed by atoms with van der Waals surface area (Å²) in [5.74, 6) is 0. The summed E-state index contributed by atoms with van der Waals surface area (Å²) in [6, 6.07) is 0. The maximum atomic E-state index is 5.60. The van der Waals surface area contributed by atoms with Gasteiger partial charge in [-0.1, -0.05) is 0 Å². The molecular weight excluding hydrogens is 178 g/mol. The fourth-order valence-electron chi connectivity index (χ4n) is 2.24. The molecule has 0 aromatic heterocycles. The van der Waals surface area contributed by atoms with E-state index in [1.54, 1.807) is 0 Å². The van der Waals surface area contributed by atoms with Crippen LogP contribution in [0.2, 0.25) is 0 Å². The molecule has 1 unspecified atom stereocenters. The summed E-state index contributed by atoms with van der Waals surface area (Å²) >= 11 is 0. The topological polar surface area (TPSA) is 21.7 Å². The quantitative estimate of drug-likeness (QED) is 0.681. The lowest BCUT2D eigenvalue weighted by Gasteiger charge is -2.26. The number of ether oxygens (including phenoxy) is 2. The summed E-state index contributed by atoms with van der Waals surface area (Å²) in [6.07, 6.45) is 5.64. The second kappa shape index (κ2) is 5.69. The van der Waals surface area contributed by atoms with Gasteiger partial charge in [-0.2, -0.15) is 0 Å². The van der Waals surface area contributed by atoms with Crippen LogP contribution in [-0.2, 0) is 9.47 Å². The van der Waals surface area contributed by atoms with E-state index in [9.17, 15) is 0 Å². The third-order valence-corrected chi connectivity index (χ3v) is 3.13. The Balaban J connectivity index is 1.52. The highest BCUT2D eigenvalue weighted by Crippen LogP contribution is 2.16. The highest BCUT2D eigenvalue weighted by atomic mass is 16.5. The van der Waals surface area contributed by atoms with E-state index < -0.39 is 0 Å². The second-order valence-corrected chi connectivity index (χ2v) is 4.23. The zero-order chi connectivity index (χ0) is 9.64. The second-order valence-electron chi connectivity index (χ2n) is 4.23. The molecule has 0 amide bonds. The Hall–Kier alpha value is -0.120. The van der Waals surface area contributed by atoms with Crippen molar-refractivity contribution in [3.63, 3.8) is 0 Å². The van der Waals surface area contributed by atoms with Crippen molar-refractivity contribution in [2.24, 2.45) is 0 Å². The first-order valence-electron chi connectivity index (χ1n) is 5.87. The lowest BCUT2D eigenvalue weighted by atomic mass is 10.1. The van der Waals surface area contributed by atoms with Crippen LogP contribution in [0.4, 0.5) is 0 Å². The van der Waals surface area contributed by atoms with E-state index in [0.717, 1.165) is 32.9 Å². The molecule has 3 nitrogen and oxygen atoms in total. The van der Waals surface area contributed by atoms with Gasteiger partial charge in [0, 0.05) is 19.7 Å². The highest BCUT2D eigenvalue weighted by Gasteiger charge is 2.16. The van der Waals surface area contributed by atoms with Gasteiger partial charge in [0.25, 0.3) is 0 Å². The molecule has 2 heterocycles. The third kappa shape index (κ3) is 3.23. The van der Waals surface area contributed by atoms with Gasteiger partial charge in [0.1, 0.15) is 0 Å². The van der Waals surface area contributed by atoms with Crippen LogP contribution in [0.3, 0.4) is 0 Å². The fourth-order valence-corrected chi connectivity index (χ4v) is 2.24. The van der Waals surface area contributed by atoms with Gasteiger partial charge >= 0.3 is 0 Å². The maximum absolute atomic E-state index is 5.60. The molecular formula is C11H21NO2. The average molecular weight is 199 g/mol. The van der Waals surface area contributed by atoms with Crippen LogP contribution < -0.4 is 0 Å². The van der Waals surface area contributed by atoms with E-state index in [0.29, 0.717) is 6.10 Å². The Morgan fingerprint density at radius 2 is 2.00 bits per heavy atom. The molecule has 0 N–H and O–H groups in total. The minimum Gasteiger partial charge on any atom is -0.379 e. The van der Waals surface area contributed by atoms with Gasteiger partial charge in [-0.3, -0.25) is 4.90 Å².